The summed E-state index contributed by atoms with van der Waals surface area (Å²) in [7, 11) is 0. The Hall–Kier alpha value is -3.17. The lowest BCUT2D eigenvalue weighted by atomic mass is 10.1. The molecule has 0 amide bonds. The van der Waals surface area contributed by atoms with Gasteiger partial charge in [0, 0.05) is 56.5 Å². The van der Waals surface area contributed by atoms with E-state index in [-0.39, 0.29) is 50.4 Å². The smallest absolute Gasteiger partial charge is 0.214 e. The maximum absolute atomic E-state index is 9.57. The summed E-state index contributed by atoms with van der Waals surface area (Å²) < 4.78 is 5.65. The van der Waals surface area contributed by atoms with Gasteiger partial charge in [0.1, 0.15) is 32.7 Å². The minimum Gasteiger partial charge on any atom is -1.00 e. The Labute approximate surface area is 400 Å². The first-order chi connectivity index (χ1) is 29.3. The Morgan fingerprint density at radius 2 is 0.825 bits per heavy atom. The van der Waals surface area contributed by atoms with Gasteiger partial charge in [-0.15, -0.1) is 0 Å². The molecule has 6 N–H and O–H groups in total. The minimum absolute atomic E-state index is 0. The highest BCUT2D eigenvalue weighted by Gasteiger charge is 2.26. The molecule has 0 saturated heterocycles. The molecule has 0 aliphatic heterocycles. The van der Waals surface area contributed by atoms with Crippen LogP contribution in [-0.2, 0) is 19.6 Å². The number of benzene rings is 3. The normalized spacial score (nSPS) is 11.1. The van der Waals surface area contributed by atoms with Crippen LogP contribution in [0.15, 0.2) is 91.0 Å². The van der Waals surface area contributed by atoms with Crippen LogP contribution in [0.3, 0.4) is 0 Å². The van der Waals surface area contributed by atoms with Gasteiger partial charge in [0.05, 0.1) is 41.9 Å². The van der Waals surface area contributed by atoms with E-state index in [1.807, 2.05) is 6.07 Å². The fourth-order valence-corrected chi connectivity index (χ4v) is 9.14. The number of hydrogen-bond donors (Lipinski definition) is 4. The van der Waals surface area contributed by atoms with Crippen molar-refractivity contribution in [3.05, 3.63) is 108 Å². The van der Waals surface area contributed by atoms with Crippen molar-refractivity contribution < 1.29 is 61.1 Å². The highest BCUT2D eigenvalue weighted by molar-refractivity contribution is 5.88. The van der Waals surface area contributed by atoms with Crippen molar-refractivity contribution in [3.8, 4) is 0 Å². The zero-order chi connectivity index (χ0) is 42.8. The first kappa shape index (κ1) is 57.8. The van der Waals surface area contributed by atoms with Gasteiger partial charge in [-0.3, -0.25) is 0 Å². The number of aliphatic hydroxyl groups is 2. The summed E-state index contributed by atoms with van der Waals surface area (Å²) in [5.74, 6) is 0. The third-order valence-electron chi connectivity index (χ3n) is 12.6. The molecular formula is C53H82Cl3N5O2. The molecule has 63 heavy (non-hydrogen) atoms. The van der Waals surface area contributed by atoms with Crippen molar-refractivity contribution in [1.29, 1.82) is 0 Å². The number of quaternary nitrogens is 1. The topological polar surface area (TPSA) is 100 Å². The van der Waals surface area contributed by atoms with Crippen LogP contribution in [0.1, 0.15) is 139 Å². The van der Waals surface area contributed by atoms with Crippen LogP contribution in [0.25, 0.3) is 21.8 Å². The molecule has 2 aromatic heterocycles. The lowest BCUT2D eigenvalue weighted by Crippen LogP contribution is -3.00. The fourth-order valence-electron chi connectivity index (χ4n) is 9.14. The number of para-hydroxylation sites is 2. The molecule has 0 spiro atoms. The van der Waals surface area contributed by atoms with Crippen LogP contribution >= 0.6 is 0 Å². The molecule has 0 aliphatic carbocycles. The molecule has 2 heterocycles. The van der Waals surface area contributed by atoms with Crippen LogP contribution in [0.5, 0.6) is 0 Å². The second kappa shape index (κ2) is 33.3. The third-order valence-corrected chi connectivity index (χ3v) is 12.6. The SMILES string of the molecule is CCCCCCCCCCCC[N+](CCO)(CCO)Cc1ccccc1.Cc1cc(N)c2ccccc2[n+]1CCCCCCCCCC[n+]1c(C)cc(N)c2ccccc21.[Cl-].[Cl-].[Cl-]. The highest BCUT2D eigenvalue weighted by atomic mass is 35.5. The first-order valence-corrected chi connectivity index (χ1v) is 23.8. The second-order valence-corrected chi connectivity index (χ2v) is 17.4. The number of nitrogen functional groups attached to an aromatic ring is 2. The average Bonchev–Trinajstić information content (AvgIpc) is 3.25. The maximum Gasteiger partial charge on any atom is 0.214 e. The Morgan fingerprint density at radius 3 is 1.24 bits per heavy atom. The summed E-state index contributed by atoms with van der Waals surface area (Å²) in [6, 6.07) is 31.7. The number of unbranched alkanes of at least 4 members (excludes halogenated alkanes) is 16. The van der Waals surface area contributed by atoms with Crippen molar-refractivity contribution >= 4 is 33.2 Å². The lowest BCUT2D eigenvalue weighted by Gasteiger charge is -2.38. The molecule has 3 aromatic carbocycles. The van der Waals surface area contributed by atoms with Gasteiger partial charge in [0.2, 0.25) is 11.0 Å². The molecule has 0 aliphatic rings. The van der Waals surface area contributed by atoms with E-state index >= 15 is 0 Å². The molecular weight excluding hydrogens is 845 g/mol. The van der Waals surface area contributed by atoms with Gasteiger partial charge in [-0.2, -0.15) is 9.13 Å². The Bertz CT molecular complexity index is 1840. The predicted molar refractivity (Wildman–Crippen MR) is 255 cm³/mol. The molecule has 7 nitrogen and oxygen atoms in total. The van der Waals surface area contributed by atoms with E-state index in [4.69, 9.17) is 11.5 Å². The largest absolute Gasteiger partial charge is 1.00 e. The molecule has 0 fully saturated rings. The zero-order valence-electron chi connectivity index (χ0n) is 39.1. The van der Waals surface area contributed by atoms with E-state index in [0.717, 1.165) is 65.9 Å². The van der Waals surface area contributed by atoms with Crippen molar-refractivity contribution in [3.63, 3.8) is 0 Å². The lowest BCUT2D eigenvalue weighted by molar-refractivity contribution is -0.941. The number of hydrogen-bond acceptors (Lipinski definition) is 4. The van der Waals surface area contributed by atoms with Crippen molar-refractivity contribution in [2.24, 2.45) is 0 Å². The number of rotatable bonds is 28. The van der Waals surface area contributed by atoms with Crippen molar-refractivity contribution in [2.45, 2.75) is 156 Å². The summed E-state index contributed by atoms with van der Waals surface area (Å²) in [5.41, 5.74) is 20.5. The van der Waals surface area contributed by atoms with E-state index in [1.54, 1.807) is 0 Å². The minimum atomic E-state index is 0. The van der Waals surface area contributed by atoms with Gasteiger partial charge >= 0.3 is 0 Å². The van der Waals surface area contributed by atoms with Crippen LogP contribution in [-0.4, -0.2) is 47.5 Å². The number of aliphatic hydroxyl groups excluding tert-OH is 2. The number of aryl methyl sites for hydroxylation is 4. The summed E-state index contributed by atoms with van der Waals surface area (Å²) in [6.07, 6.45) is 23.7. The van der Waals surface area contributed by atoms with E-state index in [9.17, 15) is 10.2 Å². The molecule has 0 saturated carbocycles. The number of halogens is 3. The molecule has 352 valence electrons. The van der Waals surface area contributed by atoms with Crippen LogP contribution in [0, 0.1) is 13.8 Å². The van der Waals surface area contributed by atoms with Gasteiger partial charge in [-0.1, -0.05) is 139 Å². The number of pyridine rings is 2. The quantitative estimate of drug-likeness (QED) is 0.0352. The Kier molecular flexibility index (Phi) is 30.6. The van der Waals surface area contributed by atoms with Gasteiger partial charge in [0.15, 0.2) is 11.4 Å². The number of aromatic nitrogens is 2. The molecule has 0 radical (unpaired) electrons. The Morgan fingerprint density at radius 1 is 0.460 bits per heavy atom. The summed E-state index contributed by atoms with van der Waals surface area (Å²) in [6.45, 7) is 12.5. The maximum atomic E-state index is 9.57. The monoisotopic (exact) mass is 926 g/mol. The van der Waals surface area contributed by atoms with Gasteiger partial charge in [-0.05, 0) is 37.8 Å². The standard InChI is InChI=1S/C30H38N4.C23H42NO2.3ClH/c1-23-21-27(31)25-15-9-11-17-29(25)33(23)19-13-7-5-3-4-6-8-14-20-34-24(2)22-28(32)26-16-10-12-18-30(26)34;1-2-3-4-5-6-7-8-9-10-14-17-24(18-20-25,19-21-26)22-23-15-12-11-13-16-23;;;/h9-12,15-18,21-22,31-32H,3-8,13-14,19-20H2,1-2H3;11-13,15-16,25-26H,2-10,14,17-22H2,1H3;3*1H/q;+1;;;/p-1. The Balaban J connectivity index is 0.000000623. The fraction of sp³-hybridized carbons (Fsp3) is 0.547. The summed E-state index contributed by atoms with van der Waals surface area (Å²) in [4.78, 5) is 0. The van der Waals surface area contributed by atoms with E-state index < -0.39 is 0 Å². The average molecular weight is 928 g/mol. The van der Waals surface area contributed by atoms with Crippen molar-refractivity contribution in [2.75, 3.05) is 44.3 Å². The molecule has 0 atom stereocenters. The molecule has 0 unspecified atom stereocenters. The first-order valence-electron chi connectivity index (χ1n) is 23.8. The van der Waals surface area contributed by atoms with E-state index in [2.05, 4.69) is 115 Å². The highest BCUT2D eigenvalue weighted by Crippen LogP contribution is 2.22. The van der Waals surface area contributed by atoms with Gasteiger partial charge in [0.25, 0.3) is 0 Å². The third kappa shape index (κ3) is 19.9. The van der Waals surface area contributed by atoms with Gasteiger partial charge < -0.3 is 63.4 Å². The van der Waals surface area contributed by atoms with Gasteiger partial charge in [-0.25, -0.2) is 0 Å². The number of fused-ring (bicyclic) bond motifs is 2. The number of nitrogens with zero attached hydrogens (tertiary/aromatic N) is 3. The molecule has 5 aromatic rings. The molecule has 10 heteroatoms. The summed E-state index contributed by atoms with van der Waals surface area (Å²) >= 11 is 0. The van der Waals surface area contributed by atoms with Crippen molar-refractivity contribution in [1.82, 2.24) is 0 Å². The zero-order valence-corrected chi connectivity index (χ0v) is 41.3. The van der Waals surface area contributed by atoms with Crippen LogP contribution in [0.2, 0.25) is 0 Å². The van der Waals surface area contributed by atoms with Crippen LogP contribution in [0.4, 0.5) is 11.4 Å². The number of nitrogens with two attached hydrogens (primary N) is 2. The molecule has 5 rings (SSSR count). The van der Waals surface area contributed by atoms with E-state index in [1.165, 1.54) is 144 Å². The molecule has 0 bridgehead atoms. The summed E-state index contributed by atoms with van der Waals surface area (Å²) in [5, 5.41) is 21.5. The second-order valence-electron chi connectivity index (χ2n) is 17.4. The van der Waals surface area contributed by atoms with E-state index in [0.29, 0.717) is 0 Å². The van der Waals surface area contributed by atoms with Crippen LogP contribution < -0.4 is 57.8 Å². The predicted octanol–water partition coefficient (Wildman–Crippen LogP) is 2.09. The number of anilines is 2.